The molecule has 1 aromatic rings. The molecular weight excluding hydrogens is 497 g/mol. The van der Waals surface area contributed by atoms with Crippen molar-refractivity contribution in [3.8, 4) is 5.75 Å². The number of amides is 1. The minimum absolute atomic E-state index is 0.0580. The standard InChI is InChI=1S/C27H32FN3O7/c1-30(2)21-15-9-12-8-14-18(16(32)10-13(20(14)28)11-31-6-4-3-5-7-31)22(33)17(12)24(35)27(15,38)25(36)19(23(21)34)26(29)37/h10,12,15,21,32-33,36,38H,3-9,11H2,1-2H3,(H2,29,37)/t12-,15?,21-,27-/m0/s1. The van der Waals surface area contributed by atoms with Crippen LogP contribution in [0.4, 0.5) is 4.39 Å². The van der Waals surface area contributed by atoms with E-state index >= 15 is 4.39 Å². The van der Waals surface area contributed by atoms with Gasteiger partial charge in [0.25, 0.3) is 5.91 Å². The Morgan fingerprint density at radius 1 is 1.18 bits per heavy atom. The van der Waals surface area contributed by atoms with Crippen molar-refractivity contribution in [1.82, 2.24) is 9.80 Å². The van der Waals surface area contributed by atoms with E-state index in [4.69, 9.17) is 5.73 Å². The number of piperidine rings is 1. The van der Waals surface area contributed by atoms with E-state index in [9.17, 15) is 34.8 Å². The van der Waals surface area contributed by atoms with Crippen molar-refractivity contribution in [2.24, 2.45) is 17.6 Å². The predicted octanol–water partition coefficient (Wildman–Crippen LogP) is 1.09. The smallest absolute Gasteiger partial charge is 0.255 e. The summed E-state index contributed by atoms with van der Waals surface area (Å²) in [6, 6.07) is 0.0605. The summed E-state index contributed by atoms with van der Waals surface area (Å²) in [7, 11) is 3.05. The highest BCUT2D eigenvalue weighted by molar-refractivity contribution is 6.24. The number of hydrogen-bond donors (Lipinski definition) is 5. The molecule has 1 saturated heterocycles. The van der Waals surface area contributed by atoms with Crippen LogP contribution in [-0.4, -0.2) is 86.5 Å². The van der Waals surface area contributed by atoms with E-state index in [1.54, 1.807) is 0 Å². The lowest BCUT2D eigenvalue weighted by Gasteiger charge is -2.50. The predicted molar refractivity (Wildman–Crippen MR) is 133 cm³/mol. The number of likely N-dealkylation sites (N-methyl/N-ethyl adjacent to an activating group) is 1. The highest BCUT2D eigenvalue weighted by atomic mass is 19.1. The number of carbonyl (C=O) groups excluding carboxylic acids is 3. The summed E-state index contributed by atoms with van der Waals surface area (Å²) >= 11 is 0. The minimum atomic E-state index is -2.72. The molecule has 1 heterocycles. The third-order valence-corrected chi connectivity index (χ3v) is 8.57. The van der Waals surface area contributed by atoms with E-state index in [0.29, 0.717) is 6.54 Å². The van der Waals surface area contributed by atoms with Gasteiger partial charge >= 0.3 is 0 Å². The molecule has 0 radical (unpaired) electrons. The van der Waals surface area contributed by atoms with Crippen molar-refractivity contribution in [3.05, 3.63) is 45.5 Å². The summed E-state index contributed by atoms with van der Waals surface area (Å²) in [4.78, 5) is 42.5. The van der Waals surface area contributed by atoms with Gasteiger partial charge in [0.15, 0.2) is 11.4 Å². The third kappa shape index (κ3) is 3.67. The van der Waals surface area contributed by atoms with Crippen LogP contribution in [0.15, 0.2) is 23.0 Å². The van der Waals surface area contributed by atoms with Gasteiger partial charge in [0.2, 0.25) is 5.78 Å². The zero-order valence-electron chi connectivity index (χ0n) is 21.3. The van der Waals surface area contributed by atoms with Gasteiger partial charge in [-0.1, -0.05) is 6.42 Å². The SMILES string of the molecule is CN(C)[C@@H]1C(=O)C(C(N)=O)=C(O)[C@@]2(O)C(=O)C3=C(O)c4c(O)cc(CN5CCCCC5)c(F)c4C[C@H]3CC12. The van der Waals surface area contributed by atoms with Crippen LogP contribution in [0.5, 0.6) is 5.75 Å². The first kappa shape index (κ1) is 26.3. The lowest BCUT2D eigenvalue weighted by Crippen LogP contribution is -2.65. The van der Waals surface area contributed by atoms with Crippen LogP contribution in [0.3, 0.4) is 0 Å². The molecule has 0 aromatic heterocycles. The number of aliphatic hydroxyl groups is 3. The number of hydrogen-bond acceptors (Lipinski definition) is 9. The molecule has 204 valence electrons. The molecule has 6 N–H and O–H groups in total. The van der Waals surface area contributed by atoms with Gasteiger partial charge in [0, 0.05) is 29.2 Å². The summed E-state index contributed by atoms with van der Waals surface area (Å²) < 4.78 is 15.8. The number of rotatable bonds is 4. The monoisotopic (exact) mass is 529 g/mol. The molecule has 1 aromatic carbocycles. The molecule has 38 heavy (non-hydrogen) atoms. The maximum Gasteiger partial charge on any atom is 0.255 e. The Bertz CT molecular complexity index is 1310. The Morgan fingerprint density at radius 2 is 1.84 bits per heavy atom. The quantitative estimate of drug-likeness (QED) is 0.359. The van der Waals surface area contributed by atoms with Gasteiger partial charge in [0.05, 0.1) is 11.6 Å². The second-order valence-electron chi connectivity index (χ2n) is 11.0. The van der Waals surface area contributed by atoms with Crippen molar-refractivity contribution in [2.45, 2.75) is 50.3 Å². The molecule has 0 spiro atoms. The van der Waals surface area contributed by atoms with E-state index in [1.807, 2.05) is 0 Å². The second-order valence-corrected chi connectivity index (χ2v) is 11.0. The van der Waals surface area contributed by atoms with Crippen molar-refractivity contribution in [3.63, 3.8) is 0 Å². The molecule has 10 nitrogen and oxygen atoms in total. The number of aliphatic hydroxyl groups excluding tert-OH is 2. The van der Waals surface area contributed by atoms with Crippen LogP contribution < -0.4 is 5.73 Å². The number of primary amides is 1. The number of phenols is 1. The van der Waals surface area contributed by atoms with Crippen LogP contribution >= 0.6 is 0 Å². The Balaban J connectivity index is 1.64. The van der Waals surface area contributed by atoms with Gasteiger partial charge in [-0.2, -0.15) is 0 Å². The summed E-state index contributed by atoms with van der Waals surface area (Å²) in [6.07, 6.45) is 2.97. The molecule has 4 aliphatic rings. The van der Waals surface area contributed by atoms with Crippen molar-refractivity contribution >= 4 is 23.2 Å². The van der Waals surface area contributed by atoms with Gasteiger partial charge in [-0.25, -0.2) is 4.39 Å². The number of benzene rings is 1. The fraction of sp³-hybridized carbons (Fsp3) is 0.519. The first-order chi connectivity index (χ1) is 17.9. The molecule has 11 heteroatoms. The fourth-order valence-electron chi connectivity index (χ4n) is 6.82. The first-order valence-electron chi connectivity index (χ1n) is 12.8. The maximum absolute atomic E-state index is 15.8. The number of Topliss-reactive ketones (excluding diaryl/α,β-unsaturated/α-hetero) is 2. The average Bonchev–Trinajstić information content (AvgIpc) is 2.84. The molecule has 1 saturated carbocycles. The number of phenolic OH excluding ortho intramolecular Hbond substituents is 1. The highest BCUT2D eigenvalue weighted by Crippen LogP contribution is 2.53. The van der Waals surface area contributed by atoms with Crippen LogP contribution in [0.25, 0.3) is 5.76 Å². The topological polar surface area (TPSA) is 165 Å². The number of aromatic hydroxyl groups is 1. The van der Waals surface area contributed by atoms with E-state index < -0.39 is 69.6 Å². The normalized spacial score (nSPS) is 29.9. The number of ketones is 2. The second kappa shape index (κ2) is 9.18. The highest BCUT2D eigenvalue weighted by Gasteiger charge is 2.64. The minimum Gasteiger partial charge on any atom is -0.508 e. The largest absolute Gasteiger partial charge is 0.508 e. The first-order valence-corrected chi connectivity index (χ1v) is 12.8. The third-order valence-electron chi connectivity index (χ3n) is 8.57. The Morgan fingerprint density at radius 3 is 2.45 bits per heavy atom. The summed E-state index contributed by atoms with van der Waals surface area (Å²) in [5.41, 5.74) is 1.54. The number of halogens is 1. The van der Waals surface area contributed by atoms with Crippen LogP contribution in [0.2, 0.25) is 0 Å². The molecular formula is C27H32FN3O7. The Kier molecular flexibility index (Phi) is 6.36. The van der Waals surface area contributed by atoms with E-state index in [0.717, 1.165) is 32.4 Å². The van der Waals surface area contributed by atoms with Crippen molar-refractivity contribution in [2.75, 3.05) is 27.2 Å². The number of likely N-dealkylation sites (tertiary alicyclic amines) is 1. The molecule has 0 bridgehead atoms. The zero-order valence-corrected chi connectivity index (χ0v) is 21.3. The molecule has 5 rings (SSSR count). The number of fused-ring (bicyclic) bond motifs is 3. The number of nitrogens with two attached hydrogens (primary N) is 1. The average molecular weight is 530 g/mol. The van der Waals surface area contributed by atoms with Crippen LogP contribution in [0.1, 0.15) is 42.4 Å². The maximum atomic E-state index is 15.8. The molecule has 1 unspecified atom stereocenters. The zero-order chi connectivity index (χ0) is 27.7. The fourth-order valence-corrected chi connectivity index (χ4v) is 6.82. The molecule has 1 aliphatic heterocycles. The van der Waals surface area contributed by atoms with Gasteiger partial charge in [-0.15, -0.1) is 0 Å². The Hall–Kier alpha value is -3.28. The summed E-state index contributed by atoms with van der Waals surface area (Å²) in [5.74, 6) is -8.08. The molecule has 3 aliphatic carbocycles. The van der Waals surface area contributed by atoms with Gasteiger partial charge in [-0.3, -0.25) is 24.2 Å². The van der Waals surface area contributed by atoms with Crippen molar-refractivity contribution < 1.29 is 39.2 Å². The molecule has 4 atom stereocenters. The van der Waals surface area contributed by atoms with Gasteiger partial charge < -0.3 is 26.2 Å². The lowest BCUT2D eigenvalue weighted by molar-refractivity contribution is -0.153. The molecule has 1 amide bonds. The van der Waals surface area contributed by atoms with Crippen molar-refractivity contribution in [1.29, 1.82) is 0 Å². The van der Waals surface area contributed by atoms with Gasteiger partial charge in [0.1, 0.15) is 28.7 Å². The van der Waals surface area contributed by atoms with Gasteiger partial charge in [-0.05, 0) is 64.9 Å². The number of nitrogens with zero attached hydrogens (tertiary/aromatic N) is 2. The number of carbonyl (C=O) groups is 3. The molecule has 2 fully saturated rings. The lowest BCUT2D eigenvalue weighted by atomic mass is 9.57. The summed E-state index contributed by atoms with van der Waals surface area (Å²) in [6.45, 7) is 1.92. The van der Waals surface area contributed by atoms with E-state index in [1.165, 1.54) is 25.1 Å². The van der Waals surface area contributed by atoms with Crippen LogP contribution in [-0.2, 0) is 27.3 Å². The Labute approximate surface area is 218 Å². The summed E-state index contributed by atoms with van der Waals surface area (Å²) in [5, 5.41) is 44.5. The van der Waals surface area contributed by atoms with E-state index in [-0.39, 0.29) is 35.1 Å². The van der Waals surface area contributed by atoms with E-state index in [2.05, 4.69) is 4.90 Å². The van der Waals surface area contributed by atoms with Crippen LogP contribution in [0, 0.1) is 17.7 Å².